The summed E-state index contributed by atoms with van der Waals surface area (Å²) in [5.74, 6) is 2.84. The van der Waals surface area contributed by atoms with Crippen LogP contribution in [0.5, 0.6) is 5.88 Å². The molecule has 3 N–H and O–H groups in total. The molecule has 1 aliphatic carbocycles. The van der Waals surface area contributed by atoms with Crippen LogP contribution in [0.25, 0.3) is 0 Å². The third kappa shape index (κ3) is 4.24. The zero-order chi connectivity index (χ0) is 14.7. The van der Waals surface area contributed by atoms with Gasteiger partial charge in [0.2, 0.25) is 5.88 Å². The summed E-state index contributed by atoms with van der Waals surface area (Å²) in [6, 6.07) is 3.82. The molecular formula is C16H26N4O. The van der Waals surface area contributed by atoms with Crippen LogP contribution >= 0.6 is 0 Å². The number of hydrogen-bond donors (Lipinski definition) is 2. The maximum atomic E-state index is 5.93. The summed E-state index contributed by atoms with van der Waals surface area (Å²) in [5.41, 5.74) is 6.55. The first-order valence-corrected chi connectivity index (χ1v) is 8.02. The molecule has 2 heterocycles. The third-order valence-corrected chi connectivity index (χ3v) is 4.34. The predicted octanol–water partition coefficient (Wildman–Crippen LogP) is 2.21. The number of nitrogens with one attached hydrogen (secondary N) is 1. The Morgan fingerprint density at radius 1 is 1.33 bits per heavy atom. The summed E-state index contributed by atoms with van der Waals surface area (Å²) < 4.78 is 5.73. The van der Waals surface area contributed by atoms with Crippen LogP contribution < -0.4 is 15.8 Å². The van der Waals surface area contributed by atoms with Crippen molar-refractivity contribution in [2.45, 2.75) is 25.7 Å². The lowest BCUT2D eigenvalue weighted by Gasteiger charge is -2.29. The summed E-state index contributed by atoms with van der Waals surface area (Å²) in [5, 5.41) is 3.43. The molecule has 21 heavy (non-hydrogen) atoms. The van der Waals surface area contributed by atoms with Gasteiger partial charge in [0.1, 0.15) is 5.82 Å². The largest absolute Gasteiger partial charge is 0.476 e. The first-order valence-electron chi connectivity index (χ1n) is 8.02. The quantitative estimate of drug-likeness (QED) is 0.841. The van der Waals surface area contributed by atoms with E-state index in [1.165, 1.54) is 32.2 Å². The van der Waals surface area contributed by atoms with Crippen molar-refractivity contribution in [2.75, 3.05) is 44.3 Å². The zero-order valence-corrected chi connectivity index (χ0v) is 12.8. The standard InChI is InChI=1S/C16H26N4O/c1-20-8-2-3-13(10-20)9-18-15-7-6-14(17)16(19-15)21-11-12-4-5-12/h6-7,12-13H,2-5,8-11,17H2,1H3,(H,18,19). The Morgan fingerprint density at radius 3 is 2.95 bits per heavy atom. The van der Waals surface area contributed by atoms with E-state index in [4.69, 9.17) is 10.5 Å². The molecule has 0 bridgehead atoms. The smallest absolute Gasteiger partial charge is 0.239 e. The highest BCUT2D eigenvalue weighted by molar-refractivity contribution is 5.53. The molecule has 1 aliphatic heterocycles. The van der Waals surface area contributed by atoms with Crippen LogP contribution in [0.4, 0.5) is 11.5 Å². The van der Waals surface area contributed by atoms with Crippen molar-refractivity contribution in [1.29, 1.82) is 0 Å². The maximum Gasteiger partial charge on any atom is 0.239 e. The molecule has 1 saturated carbocycles. The molecule has 2 fully saturated rings. The second-order valence-corrected chi connectivity index (χ2v) is 6.50. The molecule has 1 saturated heterocycles. The Bertz CT molecular complexity index is 475. The highest BCUT2D eigenvalue weighted by Crippen LogP contribution is 2.30. The summed E-state index contributed by atoms with van der Waals surface area (Å²) in [6.45, 7) is 4.08. The second-order valence-electron chi connectivity index (χ2n) is 6.50. The Morgan fingerprint density at radius 2 is 2.19 bits per heavy atom. The lowest BCUT2D eigenvalue weighted by Crippen LogP contribution is -2.35. The molecule has 1 aromatic rings. The van der Waals surface area contributed by atoms with Gasteiger partial charge in [-0.15, -0.1) is 0 Å². The topological polar surface area (TPSA) is 63.4 Å². The minimum absolute atomic E-state index is 0.577. The number of aromatic nitrogens is 1. The van der Waals surface area contributed by atoms with E-state index in [9.17, 15) is 0 Å². The van der Waals surface area contributed by atoms with Crippen molar-refractivity contribution in [3.8, 4) is 5.88 Å². The fourth-order valence-corrected chi connectivity index (χ4v) is 2.84. The maximum absolute atomic E-state index is 5.93. The Kier molecular flexibility index (Phi) is 4.48. The van der Waals surface area contributed by atoms with Crippen molar-refractivity contribution in [1.82, 2.24) is 9.88 Å². The van der Waals surface area contributed by atoms with E-state index in [1.807, 2.05) is 12.1 Å². The van der Waals surface area contributed by atoms with Gasteiger partial charge in [-0.25, -0.2) is 0 Å². The summed E-state index contributed by atoms with van der Waals surface area (Å²) in [7, 11) is 2.19. The van der Waals surface area contributed by atoms with Crippen LogP contribution in [0.15, 0.2) is 12.1 Å². The monoisotopic (exact) mass is 290 g/mol. The first kappa shape index (κ1) is 14.4. The number of nitrogen functional groups attached to an aromatic ring is 1. The van der Waals surface area contributed by atoms with Crippen LogP contribution in [0.3, 0.4) is 0 Å². The number of ether oxygens (including phenoxy) is 1. The average molecular weight is 290 g/mol. The zero-order valence-electron chi connectivity index (χ0n) is 12.8. The Hall–Kier alpha value is -1.49. The van der Waals surface area contributed by atoms with E-state index >= 15 is 0 Å². The molecule has 1 atom stereocenters. The number of rotatable bonds is 6. The molecular weight excluding hydrogens is 264 g/mol. The number of pyridine rings is 1. The number of nitrogens with zero attached hydrogens (tertiary/aromatic N) is 2. The van der Waals surface area contributed by atoms with Crippen LogP contribution in [0.1, 0.15) is 25.7 Å². The van der Waals surface area contributed by atoms with Crippen LogP contribution in [0, 0.1) is 11.8 Å². The molecule has 3 rings (SSSR count). The van der Waals surface area contributed by atoms with Gasteiger partial charge in [0.05, 0.1) is 12.3 Å². The van der Waals surface area contributed by atoms with Gasteiger partial charge in [-0.05, 0) is 63.2 Å². The van der Waals surface area contributed by atoms with Gasteiger partial charge in [0.25, 0.3) is 0 Å². The van der Waals surface area contributed by atoms with E-state index in [0.29, 0.717) is 23.4 Å². The lowest BCUT2D eigenvalue weighted by atomic mass is 9.98. The fraction of sp³-hybridized carbons (Fsp3) is 0.688. The number of piperidine rings is 1. The SMILES string of the molecule is CN1CCCC(CNc2ccc(N)c(OCC3CC3)n2)C1. The van der Waals surface area contributed by atoms with Crippen LogP contribution in [0.2, 0.25) is 0 Å². The van der Waals surface area contributed by atoms with E-state index in [0.717, 1.165) is 25.5 Å². The molecule has 116 valence electrons. The van der Waals surface area contributed by atoms with Gasteiger partial charge >= 0.3 is 0 Å². The van der Waals surface area contributed by atoms with Gasteiger partial charge < -0.3 is 20.7 Å². The molecule has 1 unspecified atom stereocenters. The number of likely N-dealkylation sites (tertiary alicyclic amines) is 1. The van der Waals surface area contributed by atoms with Gasteiger partial charge in [-0.1, -0.05) is 0 Å². The predicted molar refractivity (Wildman–Crippen MR) is 85.6 cm³/mol. The van der Waals surface area contributed by atoms with E-state index < -0.39 is 0 Å². The van der Waals surface area contributed by atoms with Crippen molar-refractivity contribution in [3.63, 3.8) is 0 Å². The van der Waals surface area contributed by atoms with Gasteiger partial charge in [-0.3, -0.25) is 0 Å². The normalized spacial score (nSPS) is 23.0. The Balaban J connectivity index is 1.53. The number of hydrogen-bond acceptors (Lipinski definition) is 5. The minimum Gasteiger partial charge on any atom is -0.476 e. The molecule has 0 amide bonds. The summed E-state index contributed by atoms with van der Waals surface area (Å²) in [4.78, 5) is 6.90. The third-order valence-electron chi connectivity index (χ3n) is 4.34. The summed E-state index contributed by atoms with van der Waals surface area (Å²) >= 11 is 0. The van der Waals surface area contributed by atoms with Crippen molar-refractivity contribution >= 4 is 11.5 Å². The van der Waals surface area contributed by atoms with Gasteiger partial charge in [0.15, 0.2) is 0 Å². The Labute approximate surface area is 126 Å². The van der Waals surface area contributed by atoms with Gasteiger partial charge in [-0.2, -0.15) is 4.98 Å². The average Bonchev–Trinajstić information content (AvgIpc) is 3.29. The molecule has 5 nitrogen and oxygen atoms in total. The molecule has 2 aliphatic rings. The number of anilines is 2. The van der Waals surface area contributed by atoms with Crippen LogP contribution in [-0.4, -0.2) is 43.2 Å². The molecule has 1 aromatic heterocycles. The van der Waals surface area contributed by atoms with Crippen LogP contribution in [-0.2, 0) is 0 Å². The molecule has 5 heteroatoms. The van der Waals surface area contributed by atoms with Crippen molar-refractivity contribution in [2.24, 2.45) is 11.8 Å². The first-order chi connectivity index (χ1) is 10.2. The fourth-order valence-electron chi connectivity index (χ4n) is 2.84. The molecule has 0 aromatic carbocycles. The molecule has 0 radical (unpaired) electrons. The van der Waals surface area contributed by atoms with E-state index in [1.54, 1.807) is 0 Å². The van der Waals surface area contributed by atoms with Crippen molar-refractivity contribution < 1.29 is 4.74 Å². The van der Waals surface area contributed by atoms with E-state index in [2.05, 4.69) is 22.2 Å². The highest BCUT2D eigenvalue weighted by atomic mass is 16.5. The van der Waals surface area contributed by atoms with Crippen molar-refractivity contribution in [3.05, 3.63) is 12.1 Å². The second kappa shape index (κ2) is 6.52. The highest BCUT2D eigenvalue weighted by Gasteiger charge is 2.22. The van der Waals surface area contributed by atoms with E-state index in [-0.39, 0.29) is 0 Å². The minimum atomic E-state index is 0.577. The number of nitrogens with two attached hydrogens (primary N) is 1. The van der Waals surface area contributed by atoms with Gasteiger partial charge in [0, 0.05) is 13.1 Å². The summed E-state index contributed by atoms with van der Waals surface area (Å²) in [6.07, 6.45) is 5.12. The molecule has 0 spiro atoms. The lowest BCUT2D eigenvalue weighted by molar-refractivity contribution is 0.217.